The molecule has 0 saturated heterocycles. The maximum Gasteiger partial charge on any atom is 0.357 e. The fourth-order valence-electron chi connectivity index (χ4n) is 2.55. The molecule has 0 bridgehead atoms. The first-order valence-corrected chi connectivity index (χ1v) is 9.25. The molecule has 0 aliphatic rings. The van der Waals surface area contributed by atoms with Crippen molar-refractivity contribution in [1.82, 2.24) is 10.3 Å². The zero-order valence-corrected chi connectivity index (χ0v) is 16.5. The zero-order valence-electron chi connectivity index (χ0n) is 15.0. The van der Waals surface area contributed by atoms with E-state index >= 15 is 0 Å². The number of halogens is 2. The number of ether oxygens (including phenoxy) is 1. The fraction of sp³-hybridized carbons (Fsp3) is 0.200. The molecule has 6 nitrogen and oxygen atoms in total. The molecule has 3 rings (SSSR count). The highest BCUT2D eigenvalue weighted by molar-refractivity contribution is 6.32. The van der Waals surface area contributed by atoms with Crippen LogP contribution in [0.15, 0.2) is 53.1 Å². The van der Waals surface area contributed by atoms with E-state index in [0.29, 0.717) is 22.3 Å². The lowest BCUT2D eigenvalue weighted by Crippen LogP contribution is -2.18. The van der Waals surface area contributed by atoms with Gasteiger partial charge < -0.3 is 19.6 Å². The smallest absolute Gasteiger partial charge is 0.357 e. The normalized spacial score (nSPS) is 12.0. The van der Waals surface area contributed by atoms with E-state index in [-0.39, 0.29) is 24.2 Å². The average molecular weight is 421 g/mol. The Bertz CT molecular complexity index is 974. The van der Waals surface area contributed by atoms with Gasteiger partial charge in [0.25, 0.3) is 0 Å². The predicted octanol–water partition coefficient (Wildman–Crippen LogP) is 5.11. The minimum atomic E-state index is -1.16. The third-order valence-corrected chi connectivity index (χ3v) is 4.63. The van der Waals surface area contributed by atoms with Crippen molar-refractivity contribution in [3.63, 3.8) is 0 Å². The van der Waals surface area contributed by atoms with Gasteiger partial charge in [0.15, 0.2) is 12.3 Å². The van der Waals surface area contributed by atoms with Crippen LogP contribution < -0.4 is 10.1 Å². The molecule has 0 spiro atoms. The first kappa shape index (κ1) is 20.2. The van der Waals surface area contributed by atoms with E-state index in [4.69, 9.17) is 37.5 Å². The monoisotopic (exact) mass is 420 g/mol. The van der Waals surface area contributed by atoms with Crippen LogP contribution in [0.25, 0.3) is 0 Å². The van der Waals surface area contributed by atoms with Gasteiger partial charge in [0.05, 0.1) is 5.02 Å². The maximum atomic E-state index is 10.8. The van der Waals surface area contributed by atoms with E-state index in [2.05, 4.69) is 17.2 Å². The second-order valence-electron chi connectivity index (χ2n) is 6.14. The zero-order chi connectivity index (χ0) is 20.1. The molecule has 0 unspecified atom stereocenters. The lowest BCUT2D eigenvalue weighted by Gasteiger charge is -2.15. The summed E-state index contributed by atoms with van der Waals surface area (Å²) in [4.78, 5) is 14.7. The summed E-state index contributed by atoms with van der Waals surface area (Å²) in [6.45, 7) is 2.63. The number of carbonyl (C=O) groups is 1. The molecule has 0 amide bonds. The Kier molecular flexibility index (Phi) is 6.57. The number of carboxylic acids is 1. The second kappa shape index (κ2) is 9.10. The highest BCUT2D eigenvalue weighted by atomic mass is 35.5. The summed E-state index contributed by atoms with van der Waals surface area (Å²) >= 11 is 12.2. The van der Waals surface area contributed by atoms with E-state index in [0.717, 1.165) is 17.4 Å². The van der Waals surface area contributed by atoms with E-state index in [1.807, 2.05) is 36.4 Å². The van der Waals surface area contributed by atoms with Crippen LogP contribution in [-0.4, -0.2) is 16.1 Å². The summed E-state index contributed by atoms with van der Waals surface area (Å²) in [6.07, 6.45) is 1.07. The molecular weight excluding hydrogens is 403 g/mol. The van der Waals surface area contributed by atoms with Crippen molar-refractivity contribution in [3.05, 3.63) is 81.5 Å². The Balaban J connectivity index is 1.61. The van der Waals surface area contributed by atoms with Crippen molar-refractivity contribution in [2.75, 3.05) is 0 Å². The number of nitrogens with zero attached hydrogens (tertiary/aromatic N) is 1. The molecule has 0 fully saturated rings. The van der Waals surface area contributed by atoms with Gasteiger partial charge in [-0.15, -0.1) is 0 Å². The summed E-state index contributed by atoms with van der Waals surface area (Å²) < 4.78 is 10.7. The summed E-state index contributed by atoms with van der Waals surface area (Å²) in [5.41, 5.74) is 1.90. The van der Waals surface area contributed by atoms with E-state index in [1.165, 1.54) is 0 Å². The Hall–Kier alpha value is -2.54. The largest absolute Gasteiger partial charge is 0.482 e. The number of nitrogens with one attached hydrogen (secondary N) is 1. The van der Waals surface area contributed by atoms with E-state index in [1.54, 1.807) is 6.07 Å². The molecule has 0 aliphatic carbocycles. The molecule has 8 heteroatoms. The number of benzene rings is 2. The number of rotatable bonds is 8. The van der Waals surface area contributed by atoms with Gasteiger partial charge in [-0.2, -0.15) is 0 Å². The van der Waals surface area contributed by atoms with E-state index < -0.39 is 5.97 Å². The predicted molar refractivity (Wildman–Crippen MR) is 106 cm³/mol. The number of aromatic carboxylic acids is 1. The van der Waals surface area contributed by atoms with Crippen molar-refractivity contribution in [1.29, 1.82) is 0 Å². The molecule has 0 aliphatic heterocycles. The first-order chi connectivity index (χ1) is 13.4. The van der Waals surface area contributed by atoms with Crippen LogP contribution in [0, 0.1) is 0 Å². The maximum absolute atomic E-state index is 10.8. The van der Waals surface area contributed by atoms with Crippen LogP contribution in [0.2, 0.25) is 10.0 Å². The second-order valence-corrected chi connectivity index (χ2v) is 6.99. The van der Waals surface area contributed by atoms with E-state index in [9.17, 15) is 4.79 Å². The van der Waals surface area contributed by atoms with Crippen molar-refractivity contribution in [2.45, 2.75) is 26.1 Å². The van der Waals surface area contributed by atoms with Gasteiger partial charge in [-0.25, -0.2) is 9.78 Å². The Morgan fingerprint density at radius 1 is 1.29 bits per heavy atom. The SMILES string of the molecule is C[C@@H](NCc1ccc(Cl)c(OCc2nc(C(=O)O)co2)c1)c1cccc(Cl)c1. The summed E-state index contributed by atoms with van der Waals surface area (Å²) in [6, 6.07) is 13.3. The van der Waals surface area contributed by atoms with Gasteiger partial charge in [-0.3, -0.25) is 0 Å². The van der Waals surface area contributed by atoms with Crippen LogP contribution in [-0.2, 0) is 13.2 Å². The molecule has 146 valence electrons. The highest BCUT2D eigenvalue weighted by Gasteiger charge is 2.12. The van der Waals surface area contributed by atoms with Crippen LogP contribution in [0.1, 0.15) is 40.5 Å². The lowest BCUT2D eigenvalue weighted by atomic mass is 10.1. The third-order valence-electron chi connectivity index (χ3n) is 4.08. The molecule has 3 aromatic rings. The molecule has 1 atom stereocenters. The Morgan fingerprint density at radius 2 is 2.11 bits per heavy atom. The minimum absolute atomic E-state index is 0.0250. The highest BCUT2D eigenvalue weighted by Crippen LogP contribution is 2.27. The van der Waals surface area contributed by atoms with Gasteiger partial charge in [-0.05, 0) is 42.3 Å². The van der Waals surface area contributed by atoms with Crippen LogP contribution in [0.4, 0.5) is 0 Å². The lowest BCUT2D eigenvalue weighted by molar-refractivity contribution is 0.0690. The van der Waals surface area contributed by atoms with Crippen molar-refractivity contribution >= 4 is 29.2 Å². The summed E-state index contributed by atoms with van der Waals surface area (Å²) in [7, 11) is 0. The average Bonchev–Trinajstić information content (AvgIpc) is 3.15. The van der Waals surface area contributed by atoms with Gasteiger partial charge in [0.1, 0.15) is 12.0 Å². The third kappa shape index (κ3) is 5.25. The molecule has 2 aromatic carbocycles. The number of aromatic nitrogens is 1. The van der Waals surface area contributed by atoms with Crippen molar-refractivity contribution in [2.24, 2.45) is 0 Å². The molecule has 2 N–H and O–H groups in total. The molecular formula is C20H18Cl2N2O4. The van der Waals surface area contributed by atoms with Crippen molar-refractivity contribution in [3.8, 4) is 5.75 Å². The van der Waals surface area contributed by atoms with Gasteiger partial charge >= 0.3 is 5.97 Å². The first-order valence-electron chi connectivity index (χ1n) is 8.50. The van der Waals surface area contributed by atoms with Crippen LogP contribution >= 0.6 is 23.2 Å². The summed E-state index contributed by atoms with van der Waals surface area (Å²) in [5.74, 6) is -0.534. The number of hydrogen-bond acceptors (Lipinski definition) is 5. The molecule has 1 aromatic heterocycles. The number of oxazole rings is 1. The summed E-state index contributed by atoms with van der Waals surface area (Å²) in [5, 5.41) is 13.4. The number of hydrogen-bond donors (Lipinski definition) is 2. The van der Waals surface area contributed by atoms with Crippen molar-refractivity contribution < 1.29 is 19.1 Å². The van der Waals surface area contributed by atoms with Crippen LogP contribution in [0.3, 0.4) is 0 Å². The minimum Gasteiger partial charge on any atom is -0.482 e. The standard InChI is InChI=1S/C20H18Cl2N2O4/c1-12(14-3-2-4-15(21)8-14)23-9-13-5-6-16(22)18(7-13)27-11-19-24-17(10-28-19)20(25)26/h2-8,10,12,23H,9,11H2,1H3,(H,25,26)/t12-/m1/s1. The van der Waals surface area contributed by atoms with Gasteiger partial charge in [0.2, 0.25) is 5.89 Å². The Morgan fingerprint density at radius 3 is 2.82 bits per heavy atom. The number of carboxylic acid groups (broad SMARTS) is 1. The van der Waals surface area contributed by atoms with Gasteiger partial charge in [-0.1, -0.05) is 41.4 Å². The Labute approximate surface area is 172 Å². The quantitative estimate of drug-likeness (QED) is 0.526. The van der Waals surface area contributed by atoms with Gasteiger partial charge in [0, 0.05) is 17.6 Å². The molecule has 0 radical (unpaired) electrons. The topological polar surface area (TPSA) is 84.6 Å². The molecule has 0 saturated carbocycles. The molecule has 28 heavy (non-hydrogen) atoms. The fourth-order valence-corrected chi connectivity index (χ4v) is 2.92. The van der Waals surface area contributed by atoms with Crippen LogP contribution in [0.5, 0.6) is 5.75 Å². The molecule has 1 heterocycles.